The summed E-state index contributed by atoms with van der Waals surface area (Å²) in [5.41, 5.74) is 0.903. The van der Waals surface area contributed by atoms with Crippen LogP contribution in [0.2, 0.25) is 0 Å². The number of rotatable bonds is 7. The van der Waals surface area contributed by atoms with Gasteiger partial charge in [0.1, 0.15) is 6.61 Å². The van der Waals surface area contributed by atoms with Crippen LogP contribution in [0.1, 0.15) is 26.5 Å². The first-order valence-corrected chi connectivity index (χ1v) is 8.24. The second kappa shape index (κ2) is 8.49. The zero-order valence-corrected chi connectivity index (χ0v) is 14.9. The van der Waals surface area contributed by atoms with E-state index in [-0.39, 0.29) is 23.7 Å². The number of carbonyl (C=O) groups excluding carboxylic acids is 2. The smallest absolute Gasteiger partial charge is 0.362 e. The number of methoxy groups -OCH3 is 2. The normalized spacial score (nSPS) is 10.3. The molecule has 2 aromatic rings. The fourth-order valence-corrected chi connectivity index (χ4v) is 2.41. The summed E-state index contributed by atoms with van der Waals surface area (Å²) < 4.78 is 16.6. The van der Waals surface area contributed by atoms with E-state index in [2.05, 4.69) is 21.0 Å². The van der Waals surface area contributed by atoms with Crippen molar-refractivity contribution in [3.05, 3.63) is 47.3 Å². The maximum absolute atomic E-state index is 12.1. The first kappa shape index (κ1) is 18.0. The Kier molecular flexibility index (Phi) is 6.36. The minimum Gasteiger partial charge on any atom is -0.484 e. The van der Waals surface area contributed by atoms with Crippen molar-refractivity contribution in [1.82, 2.24) is 9.78 Å². The van der Waals surface area contributed by atoms with Crippen molar-refractivity contribution in [2.45, 2.75) is 13.2 Å². The summed E-state index contributed by atoms with van der Waals surface area (Å²) in [6, 6.07) is 9.37. The molecule has 0 atom stereocenters. The standard InChI is InChI=1S/C16H17BrN2O5/c1-22-15(20)12-14(24-10-11-6-4-3-5-7-11)13(16(21)23-2)19(18-12)9-8-17/h3-7H,8-10H2,1-2H3. The van der Waals surface area contributed by atoms with Gasteiger partial charge in [0.25, 0.3) is 0 Å². The third-order valence-electron chi connectivity index (χ3n) is 3.19. The summed E-state index contributed by atoms with van der Waals surface area (Å²) in [6.45, 7) is 0.540. The lowest BCUT2D eigenvalue weighted by Crippen LogP contribution is -2.14. The maximum atomic E-state index is 12.1. The van der Waals surface area contributed by atoms with Crippen LogP contribution in [0.25, 0.3) is 0 Å². The third-order valence-corrected chi connectivity index (χ3v) is 3.54. The van der Waals surface area contributed by atoms with Crippen molar-refractivity contribution in [1.29, 1.82) is 0 Å². The van der Waals surface area contributed by atoms with Crippen molar-refractivity contribution < 1.29 is 23.8 Å². The Morgan fingerprint density at radius 3 is 2.38 bits per heavy atom. The van der Waals surface area contributed by atoms with Gasteiger partial charge in [-0.25, -0.2) is 9.59 Å². The van der Waals surface area contributed by atoms with Gasteiger partial charge in [0.15, 0.2) is 11.4 Å². The first-order chi connectivity index (χ1) is 11.6. The minimum absolute atomic E-state index is 0.0542. The zero-order valence-electron chi connectivity index (χ0n) is 13.3. The number of ether oxygens (including phenoxy) is 3. The molecule has 0 unspecified atom stereocenters. The molecule has 0 amide bonds. The zero-order chi connectivity index (χ0) is 17.5. The summed E-state index contributed by atoms with van der Waals surface area (Å²) in [5, 5.41) is 4.68. The lowest BCUT2D eigenvalue weighted by Gasteiger charge is -2.09. The van der Waals surface area contributed by atoms with Gasteiger partial charge in [-0.15, -0.1) is 0 Å². The summed E-state index contributed by atoms with van der Waals surface area (Å²) in [4.78, 5) is 24.1. The van der Waals surface area contributed by atoms with Gasteiger partial charge in [-0.05, 0) is 5.56 Å². The monoisotopic (exact) mass is 396 g/mol. The van der Waals surface area contributed by atoms with Crippen LogP contribution in [0, 0.1) is 0 Å². The maximum Gasteiger partial charge on any atom is 0.362 e. The van der Waals surface area contributed by atoms with Gasteiger partial charge in [0.2, 0.25) is 5.69 Å². The van der Waals surface area contributed by atoms with Gasteiger partial charge in [-0.2, -0.15) is 5.10 Å². The highest BCUT2D eigenvalue weighted by atomic mass is 79.9. The second-order valence-electron chi connectivity index (χ2n) is 4.70. The summed E-state index contributed by atoms with van der Waals surface area (Å²) in [5.74, 6) is -1.27. The minimum atomic E-state index is -0.684. The molecule has 24 heavy (non-hydrogen) atoms. The van der Waals surface area contributed by atoms with E-state index in [9.17, 15) is 9.59 Å². The Morgan fingerprint density at radius 1 is 1.12 bits per heavy atom. The summed E-state index contributed by atoms with van der Waals surface area (Å²) in [6.07, 6.45) is 0. The number of esters is 2. The van der Waals surface area contributed by atoms with Gasteiger partial charge in [-0.1, -0.05) is 46.3 Å². The highest BCUT2D eigenvalue weighted by molar-refractivity contribution is 9.09. The number of hydrogen-bond donors (Lipinski definition) is 0. The van der Waals surface area contributed by atoms with Crippen molar-refractivity contribution in [3.8, 4) is 5.75 Å². The van der Waals surface area contributed by atoms with Crippen LogP contribution in [0.5, 0.6) is 5.75 Å². The number of aryl methyl sites for hydroxylation is 1. The number of hydrogen-bond acceptors (Lipinski definition) is 6. The van der Waals surface area contributed by atoms with E-state index in [1.54, 1.807) is 0 Å². The van der Waals surface area contributed by atoms with Crippen LogP contribution in [0.3, 0.4) is 0 Å². The number of aromatic nitrogens is 2. The average Bonchev–Trinajstić information content (AvgIpc) is 2.98. The van der Waals surface area contributed by atoms with Crippen LogP contribution in [0.15, 0.2) is 30.3 Å². The molecule has 8 heteroatoms. The van der Waals surface area contributed by atoms with E-state index < -0.39 is 11.9 Å². The summed E-state index contributed by atoms with van der Waals surface area (Å²) in [7, 11) is 2.50. The van der Waals surface area contributed by atoms with Crippen molar-refractivity contribution in [2.24, 2.45) is 0 Å². The van der Waals surface area contributed by atoms with Gasteiger partial charge < -0.3 is 14.2 Å². The Morgan fingerprint density at radius 2 is 1.79 bits per heavy atom. The Labute approximate surface area is 147 Å². The van der Waals surface area contributed by atoms with E-state index in [1.807, 2.05) is 30.3 Å². The van der Waals surface area contributed by atoms with Crippen molar-refractivity contribution in [2.75, 3.05) is 19.5 Å². The van der Waals surface area contributed by atoms with Crippen LogP contribution < -0.4 is 4.74 Å². The summed E-state index contributed by atoms with van der Waals surface area (Å²) >= 11 is 3.29. The SMILES string of the molecule is COC(=O)c1nn(CCBr)c(C(=O)OC)c1OCc1ccccc1. The molecule has 0 spiro atoms. The second-order valence-corrected chi connectivity index (χ2v) is 5.49. The molecule has 128 valence electrons. The molecular formula is C16H17BrN2O5. The Bertz CT molecular complexity index is 715. The number of benzene rings is 1. The van der Waals surface area contributed by atoms with Crippen LogP contribution in [0.4, 0.5) is 0 Å². The Balaban J connectivity index is 2.43. The van der Waals surface area contributed by atoms with Crippen LogP contribution in [-0.2, 0) is 22.6 Å². The lowest BCUT2D eigenvalue weighted by molar-refractivity contribution is 0.0580. The molecule has 0 aliphatic rings. The molecule has 2 rings (SSSR count). The van der Waals surface area contributed by atoms with Gasteiger partial charge in [-0.3, -0.25) is 4.68 Å². The molecule has 0 aliphatic carbocycles. The number of nitrogens with zero attached hydrogens (tertiary/aromatic N) is 2. The molecule has 0 bridgehead atoms. The highest BCUT2D eigenvalue weighted by Gasteiger charge is 2.30. The molecule has 0 N–H and O–H groups in total. The van der Waals surface area contributed by atoms with Crippen LogP contribution in [-0.4, -0.2) is 41.3 Å². The molecule has 1 heterocycles. The molecule has 0 fully saturated rings. The van der Waals surface area contributed by atoms with Crippen molar-refractivity contribution >= 4 is 27.9 Å². The lowest BCUT2D eigenvalue weighted by atomic mass is 10.2. The highest BCUT2D eigenvalue weighted by Crippen LogP contribution is 2.27. The van der Waals surface area contributed by atoms with Gasteiger partial charge in [0, 0.05) is 5.33 Å². The molecule has 7 nitrogen and oxygen atoms in total. The fourth-order valence-electron chi connectivity index (χ4n) is 2.08. The third kappa shape index (κ3) is 3.94. The number of alkyl halides is 1. The van der Waals surface area contributed by atoms with E-state index in [1.165, 1.54) is 18.9 Å². The van der Waals surface area contributed by atoms with Crippen LogP contribution >= 0.6 is 15.9 Å². The molecular weight excluding hydrogens is 380 g/mol. The largest absolute Gasteiger partial charge is 0.484 e. The van der Waals surface area contributed by atoms with E-state index >= 15 is 0 Å². The van der Waals surface area contributed by atoms with E-state index in [0.29, 0.717) is 11.9 Å². The van der Waals surface area contributed by atoms with E-state index in [0.717, 1.165) is 5.56 Å². The quantitative estimate of drug-likeness (QED) is 0.528. The number of halogens is 1. The molecule has 0 radical (unpaired) electrons. The van der Waals surface area contributed by atoms with Crippen molar-refractivity contribution in [3.63, 3.8) is 0 Å². The predicted molar refractivity (Wildman–Crippen MR) is 89.5 cm³/mol. The predicted octanol–water partition coefficient (Wildman–Crippen LogP) is 2.43. The van der Waals surface area contributed by atoms with Gasteiger partial charge >= 0.3 is 11.9 Å². The fraction of sp³-hybridized carbons (Fsp3) is 0.312. The molecule has 0 saturated heterocycles. The molecule has 0 saturated carbocycles. The molecule has 1 aromatic carbocycles. The Hall–Kier alpha value is -2.35. The number of carbonyl (C=O) groups is 2. The average molecular weight is 397 g/mol. The first-order valence-electron chi connectivity index (χ1n) is 7.12. The molecule has 0 aliphatic heterocycles. The van der Waals surface area contributed by atoms with Gasteiger partial charge in [0.05, 0.1) is 20.8 Å². The van der Waals surface area contributed by atoms with E-state index in [4.69, 9.17) is 14.2 Å². The molecule has 1 aromatic heterocycles. The topological polar surface area (TPSA) is 79.7 Å².